The van der Waals surface area contributed by atoms with Gasteiger partial charge < -0.3 is 11.5 Å². The van der Waals surface area contributed by atoms with Gasteiger partial charge in [0, 0.05) is 24.5 Å². The van der Waals surface area contributed by atoms with Crippen LogP contribution in [0.3, 0.4) is 0 Å². The maximum atomic E-state index is 5.53. The van der Waals surface area contributed by atoms with Crippen LogP contribution >= 0.6 is 23.7 Å². The third-order valence-corrected chi connectivity index (χ3v) is 4.22. The van der Waals surface area contributed by atoms with E-state index in [-0.39, 0.29) is 24.7 Å². The number of guanidine groups is 1. The lowest BCUT2D eigenvalue weighted by Gasteiger charge is -2.32. The highest BCUT2D eigenvalue weighted by Gasteiger charge is 2.19. The zero-order chi connectivity index (χ0) is 13.5. The van der Waals surface area contributed by atoms with Crippen LogP contribution in [0.5, 0.6) is 0 Å². The molecule has 1 unspecified atom stereocenters. The zero-order valence-electron chi connectivity index (χ0n) is 11.6. The first-order valence-corrected chi connectivity index (χ1v) is 7.72. The van der Waals surface area contributed by atoms with Gasteiger partial charge in [0.15, 0.2) is 12.2 Å². The van der Waals surface area contributed by atoms with Gasteiger partial charge in [-0.1, -0.05) is 12.5 Å². The molecule has 7 heteroatoms. The smallest absolute Gasteiger partial charge is 0.188 e. The number of rotatable bonds is 6. The van der Waals surface area contributed by atoms with Crippen LogP contribution in [0, 0.1) is 0 Å². The normalized spacial score (nSPS) is 17.2. The van der Waals surface area contributed by atoms with Gasteiger partial charge in [-0.15, -0.1) is 23.7 Å². The molecule has 5 N–H and O–H groups in total. The van der Waals surface area contributed by atoms with Gasteiger partial charge in [0.1, 0.15) is 0 Å². The molecule has 2 rings (SSSR count). The second-order valence-electron chi connectivity index (χ2n) is 4.81. The summed E-state index contributed by atoms with van der Waals surface area (Å²) >= 11 is 1.79. The van der Waals surface area contributed by atoms with E-state index in [1.54, 1.807) is 11.3 Å². The zero-order valence-corrected chi connectivity index (χ0v) is 13.3. The lowest BCUT2D eigenvalue weighted by molar-refractivity contribution is 0.142. The number of aliphatic imine (C=N–C) groups is 1. The molecule has 2 heterocycles. The Balaban J connectivity index is 0.00000200. The SMILES string of the molecule is Cl.NC(N)=NC(NCCc1cccs1)N1CCCCC1. The molecular weight excluding hydrogens is 294 g/mol. The Morgan fingerprint density at radius 3 is 2.70 bits per heavy atom. The van der Waals surface area contributed by atoms with E-state index in [2.05, 4.69) is 32.7 Å². The van der Waals surface area contributed by atoms with Gasteiger partial charge in [0.25, 0.3) is 0 Å². The molecule has 0 aromatic carbocycles. The van der Waals surface area contributed by atoms with Gasteiger partial charge in [0.2, 0.25) is 0 Å². The Morgan fingerprint density at radius 1 is 1.35 bits per heavy atom. The summed E-state index contributed by atoms with van der Waals surface area (Å²) < 4.78 is 0. The number of hydrogen-bond acceptors (Lipinski definition) is 4. The summed E-state index contributed by atoms with van der Waals surface area (Å²) in [4.78, 5) is 8.01. The molecule has 20 heavy (non-hydrogen) atoms. The number of thiophene rings is 1. The Bertz CT molecular complexity index is 385. The summed E-state index contributed by atoms with van der Waals surface area (Å²) in [5.74, 6) is 0.152. The molecule has 5 nitrogen and oxygen atoms in total. The monoisotopic (exact) mass is 317 g/mol. The van der Waals surface area contributed by atoms with E-state index in [1.807, 2.05) is 0 Å². The standard InChI is InChI=1S/C13H23N5S.ClH/c14-12(15)17-13(18-8-2-1-3-9-18)16-7-6-11-5-4-10-19-11;/h4-5,10,13,16H,1-3,6-9H2,(H4,14,15,17);1H. The molecule has 0 spiro atoms. The van der Waals surface area contributed by atoms with E-state index in [0.29, 0.717) is 0 Å². The van der Waals surface area contributed by atoms with E-state index < -0.39 is 0 Å². The predicted molar refractivity (Wildman–Crippen MR) is 88.3 cm³/mol. The third kappa shape index (κ3) is 5.66. The number of nitrogens with two attached hydrogens (primary N) is 2. The minimum Gasteiger partial charge on any atom is -0.370 e. The molecule has 1 saturated heterocycles. The van der Waals surface area contributed by atoms with E-state index in [0.717, 1.165) is 26.1 Å². The van der Waals surface area contributed by atoms with Crippen molar-refractivity contribution in [1.29, 1.82) is 0 Å². The minimum atomic E-state index is -0.0785. The average molecular weight is 318 g/mol. The molecular formula is C13H24ClN5S. The van der Waals surface area contributed by atoms with Gasteiger partial charge in [0.05, 0.1) is 0 Å². The van der Waals surface area contributed by atoms with Gasteiger partial charge in [-0.3, -0.25) is 10.2 Å². The molecule has 0 aliphatic carbocycles. The second kappa shape index (κ2) is 9.18. The maximum absolute atomic E-state index is 5.53. The summed E-state index contributed by atoms with van der Waals surface area (Å²) in [7, 11) is 0. The first kappa shape index (κ1) is 17.2. The van der Waals surface area contributed by atoms with Crippen LogP contribution < -0.4 is 16.8 Å². The fraction of sp³-hybridized carbons (Fsp3) is 0.615. The minimum absolute atomic E-state index is 0. The summed E-state index contributed by atoms with van der Waals surface area (Å²) in [5, 5.41) is 5.55. The van der Waals surface area contributed by atoms with Crippen molar-refractivity contribution < 1.29 is 0 Å². The van der Waals surface area contributed by atoms with Crippen molar-refractivity contribution in [3.05, 3.63) is 22.4 Å². The first-order valence-electron chi connectivity index (χ1n) is 6.84. The molecule has 1 fully saturated rings. The number of hydrogen-bond donors (Lipinski definition) is 3. The van der Waals surface area contributed by atoms with Gasteiger partial charge in [-0.05, 0) is 30.7 Å². The summed E-state index contributed by atoms with van der Waals surface area (Å²) in [6.45, 7) is 3.01. The Morgan fingerprint density at radius 2 is 2.10 bits per heavy atom. The molecule has 1 atom stereocenters. The quantitative estimate of drug-likeness (QED) is 0.546. The van der Waals surface area contributed by atoms with Crippen LogP contribution in [0.4, 0.5) is 0 Å². The first-order chi connectivity index (χ1) is 9.25. The Labute approximate surface area is 130 Å². The Kier molecular flexibility index (Phi) is 7.91. The van der Waals surface area contributed by atoms with Crippen LogP contribution in [0.2, 0.25) is 0 Å². The van der Waals surface area contributed by atoms with Crippen LogP contribution in [-0.2, 0) is 6.42 Å². The van der Waals surface area contributed by atoms with Crippen molar-refractivity contribution in [2.24, 2.45) is 16.5 Å². The van der Waals surface area contributed by atoms with Crippen molar-refractivity contribution in [2.45, 2.75) is 32.0 Å². The lowest BCUT2D eigenvalue weighted by Crippen LogP contribution is -2.49. The molecule has 0 saturated carbocycles. The van der Waals surface area contributed by atoms with Gasteiger partial charge in [-0.25, -0.2) is 4.99 Å². The number of nitrogens with zero attached hydrogens (tertiary/aromatic N) is 2. The van der Waals surface area contributed by atoms with Crippen LogP contribution in [0.15, 0.2) is 22.5 Å². The number of likely N-dealkylation sites (tertiary alicyclic amines) is 1. The van der Waals surface area contributed by atoms with Crippen LogP contribution in [0.25, 0.3) is 0 Å². The average Bonchev–Trinajstić information content (AvgIpc) is 2.91. The van der Waals surface area contributed by atoms with E-state index in [1.165, 1.54) is 24.1 Å². The molecule has 1 aliphatic rings. The third-order valence-electron chi connectivity index (χ3n) is 3.29. The van der Waals surface area contributed by atoms with E-state index >= 15 is 0 Å². The fourth-order valence-electron chi connectivity index (χ4n) is 2.34. The summed E-state index contributed by atoms with van der Waals surface area (Å²) in [6.07, 6.45) is 4.69. The lowest BCUT2D eigenvalue weighted by atomic mass is 10.1. The molecule has 0 bridgehead atoms. The molecule has 0 amide bonds. The van der Waals surface area contributed by atoms with E-state index in [9.17, 15) is 0 Å². The highest BCUT2D eigenvalue weighted by atomic mass is 35.5. The molecule has 1 aromatic rings. The van der Waals surface area contributed by atoms with Crippen molar-refractivity contribution in [1.82, 2.24) is 10.2 Å². The van der Waals surface area contributed by atoms with Crippen LogP contribution in [0.1, 0.15) is 24.1 Å². The molecule has 114 valence electrons. The number of halogens is 1. The topological polar surface area (TPSA) is 79.7 Å². The fourth-order valence-corrected chi connectivity index (χ4v) is 3.05. The predicted octanol–water partition coefficient (Wildman–Crippen LogP) is 1.34. The second-order valence-corrected chi connectivity index (χ2v) is 5.84. The van der Waals surface area contributed by atoms with Gasteiger partial charge in [-0.2, -0.15) is 0 Å². The van der Waals surface area contributed by atoms with Crippen molar-refractivity contribution in [3.63, 3.8) is 0 Å². The van der Waals surface area contributed by atoms with Gasteiger partial charge >= 0.3 is 0 Å². The largest absolute Gasteiger partial charge is 0.370 e. The number of nitrogens with one attached hydrogen (secondary N) is 1. The van der Waals surface area contributed by atoms with Crippen LogP contribution in [-0.4, -0.2) is 36.8 Å². The maximum Gasteiger partial charge on any atom is 0.188 e. The molecule has 1 aromatic heterocycles. The Hall–Kier alpha value is -0.820. The van der Waals surface area contributed by atoms with Crippen molar-refractivity contribution in [3.8, 4) is 0 Å². The van der Waals surface area contributed by atoms with Crippen molar-refractivity contribution in [2.75, 3.05) is 19.6 Å². The highest BCUT2D eigenvalue weighted by Crippen LogP contribution is 2.12. The molecule has 0 radical (unpaired) electrons. The summed E-state index contributed by atoms with van der Waals surface area (Å²) in [5.41, 5.74) is 11.1. The summed E-state index contributed by atoms with van der Waals surface area (Å²) in [6, 6.07) is 4.24. The highest BCUT2D eigenvalue weighted by molar-refractivity contribution is 7.09. The van der Waals surface area contributed by atoms with Crippen molar-refractivity contribution >= 4 is 29.7 Å². The molecule has 1 aliphatic heterocycles. The van der Waals surface area contributed by atoms with E-state index in [4.69, 9.17) is 11.5 Å². The number of piperidine rings is 1.